The van der Waals surface area contributed by atoms with Gasteiger partial charge in [-0.2, -0.15) is 0 Å². The molecule has 0 N–H and O–H groups in total. The zero-order valence-corrected chi connectivity index (χ0v) is 12.0. The van der Waals surface area contributed by atoms with E-state index in [4.69, 9.17) is 0 Å². The van der Waals surface area contributed by atoms with Crippen LogP contribution >= 0.6 is 15.9 Å². The van der Waals surface area contributed by atoms with Crippen molar-refractivity contribution in [2.24, 2.45) is 0 Å². The molecule has 6 heteroatoms. The Hall–Kier alpha value is -1.17. The van der Waals surface area contributed by atoms with Gasteiger partial charge in [0.05, 0.1) is 0 Å². The van der Waals surface area contributed by atoms with Gasteiger partial charge in [0.15, 0.2) is 0 Å². The molecular formula is C11H16BrN3O2. The summed E-state index contributed by atoms with van der Waals surface area (Å²) in [5.74, 6) is 0.425. The summed E-state index contributed by atoms with van der Waals surface area (Å²) in [6, 6.07) is 0.110. The Morgan fingerprint density at radius 2 is 2.18 bits per heavy atom. The van der Waals surface area contributed by atoms with Crippen LogP contribution < -0.4 is 5.56 Å². The minimum Gasteiger partial charge on any atom is -0.342 e. The Morgan fingerprint density at radius 1 is 1.59 bits per heavy atom. The first-order chi connectivity index (χ1) is 7.84. The van der Waals surface area contributed by atoms with Crippen molar-refractivity contribution < 1.29 is 4.79 Å². The van der Waals surface area contributed by atoms with E-state index in [9.17, 15) is 9.59 Å². The molecule has 0 saturated heterocycles. The van der Waals surface area contributed by atoms with Crippen LogP contribution in [-0.4, -0.2) is 33.4 Å². The number of halogens is 1. The third-order valence-corrected chi connectivity index (χ3v) is 3.21. The fraction of sp³-hybridized carbons (Fsp3) is 0.545. The number of rotatable bonds is 3. The Balaban J connectivity index is 3.01. The quantitative estimate of drug-likeness (QED) is 0.842. The predicted molar refractivity (Wildman–Crippen MR) is 68.8 cm³/mol. The van der Waals surface area contributed by atoms with Gasteiger partial charge in [-0.25, -0.2) is 4.98 Å². The monoisotopic (exact) mass is 301 g/mol. The molecule has 0 spiro atoms. The summed E-state index contributed by atoms with van der Waals surface area (Å²) in [6.07, 6.45) is 1.45. The van der Waals surface area contributed by atoms with Gasteiger partial charge in [-0.15, -0.1) is 0 Å². The summed E-state index contributed by atoms with van der Waals surface area (Å²) in [4.78, 5) is 29.4. The van der Waals surface area contributed by atoms with Crippen molar-refractivity contribution in [3.05, 3.63) is 26.8 Å². The fourth-order valence-corrected chi connectivity index (χ4v) is 1.59. The summed E-state index contributed by atoms with van der Waals surface area (Å²) < 4.78 is 1.73. The molecule has 0 aliphatic heterocycles. The van der Waals surface area contributed by atoms with Crippen LogP contribution in [0.4, 0.5) is 0 Å². The highest BCUT2D eigenvalue weighted by molar-refractivity contribution is 9.10. The van der Waals surface area contributed by atoms with Gasteiger partial charge in [0, 0.05) is 19.3 Å². The van der Waals surface area contributed by atoms with Crippen molar-refractivity contribution in [3.63, 3.8) is 0 Å². The smallest absolute Gasteiger partial charge is 0.268 e. The second-order valence-electron chi connectivity index (χ2n) is 4.14. The molecule has 17 heavy (non-hydrogen) atoms. The molecule has 1 heterocycles. The first kappa shape index (κ1) is 13.9. The minimum absolute atomic E-state index is 0.0196. The zero-order chi connectivity index (χ0) is 13.2. The summed E-state index contributed by atoms with van der Waals surface area (Å²) in [5.41, 5.74) is -0.233. The fourth-order valence-electron chi connectivity index (χ4n) is 1.27. The van der Waals surface area contributed by atoms with Gasteiger partial charge in [-0.05, 0) is 36.7 Å². The van der Waals surface area contributed by atoms with Gasteiger partial charge < -0.3 is 4.90 Å². The molecule has 0 aliphatic carbocycles. The standard InChI is InChI=1S/C11H16BrN3O2/c1-7(2)14(4)10(16)6-15-8(3)13-5-9(12)11(15)17/h5,7H,6H2,1-4H3. The van der Waals surface area contributed by atoms with Gasteiger partial charge >= 0.3 is 0 Å². The third kappa shape index (κ3) is 3.15. The first-order valence-electron chi connectivity index (χ1n) is 5.32. The SMILES string of the molecule is Cc1ncc(Br)c(=O)n1CC(=O)N(C)C(C)C. The number of hydrogen-bond donors (Lipinski definition) is 0. The number of aryl methyl sites for hydroxylation is 1. The van der Waals surface area contributed by atoms with Crippen LogP contribution in [0.5, 0.6) is 0 Å². The van der Waals surface area contributed by atoms with E-state index < -0.39 is 0 Å². The van der Waals surface area contributed by atoms with Crippen LogP contribution in [0.1, 0.15) is 19.7 Å². The molecule has 0 aliphatic rings. The maximum Gasteiger partial charge on any atom is 0.268 e. The summed E-state index contributed by atoms with van der Waals surface area (Å²) in [7, 11) is 1.72. The summed E-state index contributed by atoms with van der Waals surface area (Å²) >= 11 is 3.12. The average Bonchev–Trinajstić information content (AvgIpc) is 2.28. The van der Waals surface area contributed by atoms with E-state index in [2.05, 4.69) is 20.9 Å². The predicted octanol–water partition coefficient (Wildman–Crippen LogP) is 1.18. The lowest BCUT2D eigenvalue weighted by Gasteiger charge is -2.22. The Bertz CT molecular complexity index is 482. The highest BCUT2D eigenvalue weighted by atomic mass is 79.9. The molecule has 1 aromatic heterocycles. The molecule has 0 aromatic carbocycles. The second kappa shape index (κ2) is 5.44. The summed E-state index contributed by atoms with van der Waals surface area (Å²) in [5, 5.41) is 0. The molecule has 0 saturated carbocycles. The van der Waals surface area contributed by atoms with Crippen molar-refractivity contribution in [2.75, 3.05) is 7.05 Å². The zero-order valence-electron chi connectivity index (χ0n) is 10.4. The average molecular weight is 302 g/mol. The van der Waals surface area contributed by atoms with E-state index in [1.165, 1.54) is 10.8 Å². The van der Waals surface area contributed by atoms with Crippen molar-refractivity contribution >= 4 is 21.8 Å². The van der Waals surface area contributed by atoms with Gasteiger partial charge in [-0.1, -0.05) is 0 Å². The lowest BCUT2D eigenvalue weighted by molar-refractivity contribution is -0.132. The van der Waals surface area contributed by atoms with Gasteiger partial charge in [0.2, 0.25) is 5.91 Å². The van der Waals surface area contributed by atoms with E-state index in [-0.39, 0.29) is 24.1 Å². The van der Waals surface area contributed by atoms with E-state index in [1.54, 1.807) is 18.9 Å². The number of hydrogen-bond acceptors (Lipinski definition) is 3. The van der Waals surface area contributed by atoms with Gasteiger partial charge in [0.1, 0.15) is 16.8 Å². The topological polar surface area (TPSA) is 55.2 Å². The van der Waals surface area contributed by atoms with Gasteiger partial charge in [-0.3, -0.25) is 14.2 Å². The van der Waals surface area contributed by atoms with Crippen molar-refractivity contribution in [3.8, 4) is 0 Å². The highest BCUT2D eigenvalue weighted by Crippen LogP contribution is 2.03. The van der Waals surface area contributed by atoms with Crippen LogP contribution in [0, 0.1) is 6.92 Å². The molecule has 0 radical (unpaired) electrons. The number of carbonyl (C=O) groups excluding carboxylic acids is 1. The Morgan fingerprint density at radius 3 is 2.71 bits per heavy atom. The maximum atomic E-state index is 11.9. The van der Waals surface area contributed by atoms with Crippen LogP contribution in [0.2, 0.25) is 0 Å². The molecular weight excluding hydrogens is 286 g/mol. The van der Waals surface area contributed by atoms with E-state index >= 15 is 0 Å². The molecule has 0 atom stereocenters. The minimum atomic E-state index is -0.233. The van der Waals surface area contributed by atoms with Crippen LogP contribution in [0.25, 0.3) is 0 Å². The second-order valence-corrected chi connectivity index (χ2v) is 5.00. The van der Waals surface area contributed by atoms with E-state index in [0.29, 0.717) is 10.3 Å². The van der Waals surface area contributed by atoms with E-state index in [0.717, 1.165) is 0 Å². The number of likely N-dealkylation sites (N-methyl/N-ethyl adjacent to an activating group) is 1. The molecule has 94 valence electrons. The molecule has 0 fully saturated rings. The van der Waals surface area contributed by atoms with Crippen molar-refractivity contribution in [1.82, 2.24) is 14.5 Å². The van der Waals surface area contributed by atoms with Crippen molar-refractivity contribution in [1.29, 1.82) is 0 Å². The molecule has 0 unspecified atom stereocenters. The van der Waals surface area contributed by atoms with Crippen LogP contribution in [-0.2, 0) is 11.3 Å². The highest BCUT2D eigenvalue weighted by Gasteiger charge is 2.15. The van der Waals surface area contributed by atoms with Gasteiger partial charge in [0.25, 0.3) is 5.56 Å². The lowest BCUT2D eigenvalue weighted by Crippen LogP contribution is -2.38. The Kier molecular flexibility index (Phi) is 4.45. The number of nitrogens with zero attached hydrogens (tertiary/aromatic N) is 3. The summed E-state index contributed by atoms with van der Waals surface area (Å²) in [6.45, 7) is 5.57. The number of aromatic nitrogens is 2. The van der Waals surface area contributed by atoms with Crippen molar-refractivity contribution in [2.45, 2.75) is 33.4 Å². The molecule has 1 rings (SSSR count). The lowest BCUT2D eigenvalue weighted by atomic mass is 10.3. The Labute approximate surface area is 109 Å². The van der Waals surface area contributed by atoms with Crippen LogP contribution in [0.3, 0.4) is 0 Å². The van der Waals surface area contributed by atoms with E-state index in [1.807, 2.05) is 13.8 Å². The molecule has 5 nitrogen and oxygen atoms in total. The van der Waals surface area contributed by atoms with Crippen LogP contribution in [0.15, 0.2) is 15.5 Å². The largest absolute Gasteiger partial charge is 0.342 e. The number of carbonyl (C=O) groups is 1. The third-order valence-electron chi connectivity index (χ3n) is 2.67. The molecule has 1 amide bonds. The number of amides is 1. The molecule has 0 bridgehead atoms. The maximum absolute atomic E-state index is 11.9. The molecule has 1 aromatic rings. The normalized spacial score (nSPS) is 10.7. The first-order valence-corrected chi connectivity index (χ1v) is 6.11.